The summed E-state index contributed by atoms with van der Waals surface area (Å²) in [6.45, 7) is 0. The minimum atomic E-state index is -0.756. The van der Waals surface area contributed by atoms with Crippen molar-refractivity contribution in [3.63, 3.8) is 0 Å². The molecule has 3 heteroatoms. The summed E-state index contributed by atoms with van der Waals surface area (Å²) in [4.78, 5) is 14.2. The number of aromatic amines is 1. The molecule has 1 heterocycles. The van der Waals surface area contributed by atoms with E-state index in [1.165, 1.54) is 24.0 Å². The predicted octanol–water partition coefficient (Wildman–Crippen LogP) is 3.50. The maximum Gasteiger partial charge on any atom is 0.304 e. The van der Waals surface area contributed by atoms with Gasteiger partial charge in [0, 0.05) is 18.3 Å². The maximum absolute atomic E-state index is 11.2. The zero-order valence-corrected chi connectivity index (χ0v) is 11.4. The maximum atomic E-state index is 11.2. The summed E-state index contributed by atoms with van der Waals surface area (Å²) in [6, 6.07) is 8.47. The number of rotatable bonds is 4. The summed E-state index contributed by atoms with van der Waals surface area (Å²) in [6.07, 6.45) is 8.67. The average molecular weight is 269 g/mol. The van der Waals surface area contributed by atoms with Crippen molar-refractivity contribution in [3.8, 4) is 0 Å². The Balaban J connectivity index is 1.96. The molecule has 0 spiro atoms. The first-order chi connectivity index (χ1) is 9.74. The number of carboxylic acids is 1. The topological polar surface area (TPSA) is 53.1 Å². The van der Waals surface area contributed by atoms with E-state index < -0.39 is 5.97 Å². The third-order valence-electron chi connectivity index (χ3n) is 4.18. The highest BCUT2D eigenvalue weighted by molar-refractivity contribution is 5.69. The number of benzene rings is 1. The molecule has 2 aromatic rings. The van der Waals surface area contributed by atoms with Gasteiger partial charge in [-0.2, -0.15) is 0 Å². The van der Waals surface area contributed by atoms with E-state index in [2.05, 4.69) is 23.2 Å². The Hall–Kier alpha value is -2.03. The van der Waals surface area contributed by atoms with Crippen LogP contribution < -0.4 is 0 Å². The molecule has 3 rings (SSSR count). The standard InChI is InChI=1S/C17H19NO2/c19-17(20)10-16(15-7-8-18-11-15)14-6-5-12-3-1-2-4-13(12)9-14/h5-9,11,16,18H,1-4,10H2,(H,19,20). The van der Waals surface area contributed by atoms with Gasteiger partial charge in [0.05, 0.1) is 6.42 Å². The summed E-state index contributed by atoms with van der Waals surface area (Å²) < 4.78 is 0. The number of aryl methyl sites for hydroxylation is 2. The first-order valence-corrected chi connectivity index (χ1v) is 7.20. The van der Waals surface area contributed by atoms with Gasteiger partial charge < -0.3 is 10.1 Å². The molecular formula is C17H19NO2. The van der Waals surface area contributed by atoms with E-state index in [1.54, 1.807) is 0 Å². The fourth-order valence-corrected chi connectivity index (χ4v) is 3.13. The molecule has 0 saturated carbocycles. The van der Waals surface area contributed by atoms with Gasteiger partial charge in [-0.25, -0.2) is 0 Å². The van der Waals surface area contributed by atoms with Gasteiger partial charge >= 0.3 is 5.97 Å². The molecule has 1 aliphatic rings. The van der Waals surface area contributed by atoms with Gasteiger partial charge in [-0.05, 0) is 54.0 Å². The fourth-order valence-electron chi connectivity index (χ4n) is 3.13. The minimum Gasteiger partial charge on any atom is -0.481 e. The average Bonchev–Trinajstić information content (AvgIpc) is 2.98. The lowest BCUT2D eigenvalue weighted by atomic mass is 9.84. The number of carbonyl (C=O) groups is 1. The van der Waals surface area contributed by atoms with Crippen LogP contribution in [0.3, 0.4) is 0 Å². The Bertz CT molecular complexity index is 601. The molecule has 1 aromatic carbocycles. The summed E-state index contributed by atoms with van der Waals surface area (Å²) in [5.74, 6) is -0.820. The van der Waals surface area contributed by atoms with Crippen LogP contribution in [0.15, 0.2) is 36.7 Å². The van der Waals surface area contributed by atoms with Crippen LogP contribution in [0.1, 0.15) is 47.4 Å². The summed E-state index contributed by atoms with van der Waals surface area (Å²) in [5.41, 5.74) is 5.00. The van der Waals surface area contributed by atoms with Gasteiger partial charge in [0.25, 0.3) is 0 Å². The minimum absolute atomic E-state index is 0.0639. The monoisotopic (exact) mass is 269 g/mol. The Morgan fingerprint density at radius 2 is 1.95 bits per heavy atom. The quantitative estimate of drug-likeness (QED) is 0.892. The molecule has 0 bridgehead atoms. The number of nitrogens with one attached hydrogen (secondary N) is 1. The fraction of sp³-hybridized carbons (Fsp3) is 0.353. The Kier molecular flexibility index (Phi) is 3.59. The summed E-state index contributed by atoms with van der Waals surface area (Å²) >= 11 is 0. The summed E-state index contributed by atoms with van der Waals surface area (Å²) in [7, 11) is 0. The van der Waals surface area contributed by atoms with Crippen LogP contribution in [0.5, 0.6) is 0 Å². The number of aromatic nitrogens is 1. The van der Waals surface area contributed by atoms with Crippen molar-refractivity contribution in [1.82, 2.24) is 4.98 Å². The molecule has 0 radical (unpaired) electrons. The van der Waals surface area contributed by atoms with E-state index in [1.807, 2.05) is 18.5 Å². The van der Waals surface area contributed by atoms with Crippen LogP contribution in [-0.2, 0) is 17.6 Å². The predicted molar refractivity (Wildman–Crippen MR) is 78.0 cm³/mol. The van der Waals surface area contributed by atoms with E-state index >= 15 is 0 Å². The van der Waals surface area contributed by atoms with Gasteiger partial charge in [0.1, 0.15) is 0 Å². The van der Waals surface area contributed by atoms with Crippen LogP contribution >= 0.6 is 0 Å². The zero-order valence-electron chi connectivity index (χ0n) is 11.4. The smallest absolute Gasteiger partial charge is 0.304 e. The van der Waals surface area contributed by atoms with E-state index in [0.717, 1.165) is 24.0 Å². The molecule has 1 unspecified atom stereocenters. The highest BCUT2D eigenvalue weighted by Gasteiger charge is 2.20. The second kappa shape index (κ2) is 5.53. The van der Waals surface area contributed by atoms with E-state index in [0.29, 0.717) is 0 Å². The molecule has 0 fully saturated rings. The van der Waals surface area contributed by atoms with Crippen molar-refractivity contribution in [3.05, 3.63) is 58.9 Å². The SMILES string of the molecule is O=C(O)CC(c1cc[nH]c1)c1ccc2c(c1)CCCC2. The molecule has 0 aliphatic heterocycles. The number of H-pyrrole nitrogens is 1. The lowest BCUT2D eigenvalue weighted by Gasteiger charge is -2.20. The highest BCUT2D eigenvalue weighted by Crippen LogP contribution is 2.31. The Labute approximate surface area is 118 Å². The molecule has 1 atom stereocenters. The van der Waals surface area contributed by atoms with Crippen molar-refractivity contribution >= 4 is 5.97 Å². The first-order valence-electron chi connectivity index (χ1n) is 7.20. The second-order valence-corrected chi connectivity index (χ2v) is 5.53. The van der Waals surface area contributed by atoms with Gasteiger partial charge in [0.2, 0.25) is 0 Å². The number of hydrogen-bond acceptors (Lipinski definition) is 1. The molecule has 104 valence electrons. The third-order valence-corrected chi connectivity index (χ3v) is 4.18. The summed E-state index contributed by atoms with van der Waals surface area (Å²) in [5, 5.41) is 9.17. The van der Waals surface area contributed by atoms with Crippen LogP contribution in [0.4, 0.5) is 0 Å². The number of hydrogen-bond donors (Lipinski definition) is 2. The molecule has 1 aliphatic carbocycles. The highest BCUT2D eigenvalue weighted by atomic mass is 16.4. The van der Waals surface area contributed by atoms with E-state index in [-0.39, 0.29) is 12.3 Å². The van der Waals surface area contributed by atoms with Crippen LogP contribution in [-0.4, -0.2) is 16.1 Å². The molecular weight excluding hydrogens is 250 g/mol. The number of carboxylic acid groups (broad SMARTS) is 1. The largest absolute Gasteiger partial charge is 0.481 e. The number of fused-ring (bicyclic) bond motifs is 1. The first kappa shape index (κ1) is 13.0. The molecule has 20 heavy (non-hydrogen) atoms. The van der Waals surface area contributed by atoms with Gasteiger partial charge in [-0.1, -0.05) is 18.2 Å². The molecule has 2 N–H and O–H groups in total. The lowest BCUT2D eigenvalue weighted by Crippen LogP contribution is -2.09. The molecule has 3 nitrogen and oxygen atoms in total. The Morgan fingerprint density at radius 1 is 1.15 bits per heavy atom. The van der Waals surface area contributed by atoms with Crippen molar-refractivity contribution in [2.45, 2.75) is 38.0 Å². The van der Waals surface area contributed by atoms with Crippen molar-refractivity contribution in [1.29, 1.82) is 0 Å². The molecule has 1 aromatic heterocycles. The molecule has 0 amide bonds. The number of aliphatic carboxylic acids is 1. The van der Waals surface area contributed by atoms with E-state index in [4.69, 9.17) is 0 Å². The van der Waals surface area contributed by atoms with Crippen molar-refractivity contribution < 1.29 is 9.90 Å². The normalized spacial score (nSPS) is 15.6. The van der Waals surface area contributed by atoms with Gasteiger partial charge in [0.15, 0.2) is 0 Å². The van der Waals surface area contributed by atoms with E-state index in [9.17, 15) is 9.90 Å². The van der Waals surface area contributed by atoms with Crippen LogP contribution in [0.25, 0.3) is 0 Å². The second-order valence-electron chi connectivity index (χ2n) is 5.53. The van der Waals surface area contributed by atoms with Gasteiger partial charge in [-0.3, -0.25) is 4.79 Å². The molecule has 0 saturated heterocycles. The zero-order chi connectivity index (χ0) is 13.9. The lowest BCUT2D eigenvalue weighted by molar-refractivity contribution is -0.137. The Morgan fingerprint density at radius 3 is 2.65 bits per heavy atom. The van der Waals surface area contributed by atoms with Gasteiger partial charge in [-0.15, -0.1) is 0 Å². The van der Waals surface area contributed by atoms with Crippen molar-refractivity contribution in [2.75, 3.05) is 0 Å². The third kappa shape index (κ3) is 2.62. The van der Waals surface area contributed by atoms with Crippen molar-refractivity contribution in [2.24, 2.45) is 0 Å². The van der Waals surface area contributed by atoms with Crippen LogP contribution in [0.2, 0.25) is 0 Å². The van der Waals surface area contributed by atoms with Crippen LogP contribution in [0, 0.1) is 0 Å².